The van der Waals surface area contributed by atoms with Gasteiger partial charge in [-0.25, -0.2) is 9.18 Å². The molecule has 2 atom stereocenters. The fourth-order valence-electron chi connectivity index (χ4n) is 2.75. The van der Waals surface area contributed by atoms with E-state index in [0.29, 0.717) is 24.6 Å². The van der Waals surface area contributed by atoms with Crippen molar-refractivity contribution in [3.05, 3.63) is 29.8 Å². The number of nitrogens with one attached hydrogen (secondary N) is 1. The Morgan fingerprint density at radius 2 is 2.04 bits per heavy atom. The number of tetrazole rings is 1. The molecule has 128 valence electrons. The molecule has 1 N–H and O–H groups in total. The van der Waals surface area contributed by atoms with E-state index in [9.17, 15) is 9.18 Å². The number of halogens is 1. The topological polar surface area (TPSA) is 85.2 Å². The summed E-state index contributed by atoms with van der Waals surface area (Å²) in [6.07, 6.45) is -0.0423. The van der Waals surface area contributed by atoms with Crippen LogP contribution in [0.3, 0.4) is 0 Å². The molecule has 1 saturated heterocycles. The van der Waals surface area contributed by atoms with Gasteiger partial charge in [-0.15, -0.1) is 5.10 Å². The number of hydrogen-bond donors (Lipinski definition) is 1. The van der Waals surface area contributed by atoms with Gasteiger partial charge in [-0.1, -0.05) is 0 Å². The quantitative estimate of drug-likeness (QED) is 0.904. The number of carbonyl (C=O) groups is 1. The van der Waals surface area contributed by atoms with Crippen molar-refractivity contribution < 1.29 is 13.9 Å². The van der Waals surface area contributed by atoms with Crippen LogP contribution in [0.15, 0.2) is 18.2 Å². The third-order valence-corrected chi connectivity index (χ3v) is 3.76. The van der Waals surface area contributed by atoms with Crippen LogP contribution in [-0.2, 0) is 4.74 Å². The monoisotopic (exact) mass is 334 g/mol. The molecule has 0 spiro atoms. The van der Waals surface area contributed by atoms with Crippen molar-refractivity contribution in [2.75, 3.05) is 18.4 Å². The lowest BCUT2D eigenvalue weighted by Crippen LogP contribution is -2.49. The number of aryl methyl sites for hydroxylation is 1. The van der Waals surface area contributed by atoms with Crippen LogP contribution in [0.5, 0.6) is 0 Å². The second-order valence-electron chi connectivity index (χ2n) is 5.90. The van der Waals surface area contributed by atoms with Gasteiger partial charge in [0.2, 0.25) is 0 Å². The molecule has 24 heavy (non-hydrogen) atoms. The Morgan fingerprint density at radius 3 is 2.67 bits per heavy atom. The highest BCUT2D eigenvalue weighted by atomic mass is 19.1. The Kier molecular flexibility index (Phi) is 4.43. The molecule has 2 heterocycles. The second-order valence-corrected chi connectivity index (χ2v) is 5.90. The average Bonchev–Trinajstić information content (AvgIpc) is 2.94. The van der Waals surface area contributed by atoms with E-state index in [4.69, 9.17) is 4.74 Å². The zero-order valence-corrected chi connectivity index (χ0v) is 13.7. The Bertz CT molecular complexity index is 739. The minimum absolute atomic E-state index is 0.0212. The number of amides is 2. The van der Waals surface area contributed by atoms with Crippen LogP contribution < -0.4 is 5.32 Å². The lowest BCUT2D eigenvalue weighted by molar-refractivity contribution is -0.0530. The van der Waals surface area contributed by atoms with Crippen molar-refractivity contribution in [3.63, 3.8) is 0 Å². The number of rotatable bonds is 2. The van der Waals surface area contributed by atoms with Gasteiger partial charge >= 0.3 is 6.03 Å². The fourth-order valence-corrected chi connectivity index (χ4v) is 2.75. The molecule has 1 fully saturated rings. The van der Waals surface area contributed by atoms with Gasteiger partial charge in [0, 0.05) is 18.8 Å². The highest BCUT2D eigenvalue weighted by Gasteiger charge is 2.26. The molecule has 1 aliphatic heterocycles. The van der Waals surface area contributed by atoms with E-state index in [1.165, 1.54) is 22.9 Å². The Morgan fingerprint density at radius 1 is 1.33 bits per heavy atom. The minimum Gasteiger partial charge on any atom is -0.372 e. The predicted octanol–water partition coefficient (Wildman–Crippen LogP) is 1.75. The summed E-state index contributed by atoms with van der Waals surface area (Å²) in [7, 11) is 0. The third-order valence-electron chi connectivity index (χ3n) is 3.76. The van der Waals surface area contributed by atoms with E-state index in [2.05, 4.69) is 20.8 Å². The summed E-state index contributed by atoms with van der Waals surface area (Å²) < 4.78 is 21.0. The predicted molar refractivity (Wildman–Crippen MR) is 84.4 cm³/mol. The first-order valence-electron chi connectivity index (χ1n) is 7.70. The summed E-state index contributed by atoms with van der Waals surface area (Å²) in [6, 6.07) is 4.03. The Balaban J connectivity index is 1.78. The van der Waals surface area contributed by atoms with Gasteiger partial charge < -0.3 is 15.0 Å². The molecule has 3 rings (SSSR count). The third kappa shape index (κ3) is 3.35. The summed E-state index contributed by atoms with van der Waals surface area (Å²) in [5.41, 5.74) is 0.650. The Labute approximate surface area is 138 Å². The van der Waals surface area contributed by atoms with Crippen molar-refractivity contribution in [2.24, 2.45) is 0 Å². The second kappa shape index (κ2) is 6.52. The van der Waals surface area contributed by atoms with E-state index in [1.54, 1.807) is 11.8 Å². The number of hydrogen-bond acceptors (Lipinski definition) is 5. The maximum Gasteiger partial charge on any atom is 0.322 e. The van der Waals surface area contributed by atoms with E-state index < -0.39 is 5.82 Å². The van der Waals surface area contributed by atoms with Crippen LogP contribution in [0, 0.1) is 12.7 Å². The summed E-state index contributed by atoms with van der Waals surface area (Å²) in [5, 5.41) is 13.8. The van der Waals surface area contributed by atoms with E-state index >= 15 is 0 Å². The SMILES string of the molecule is Cc1nnnn1-c1cc(NC(=O)N2C[C@H](C)O[C@@H](C)C2)ccc1F. The van der Waals surface area contributed by atoms with Gasteiger partial charge in [0.1, 0.15) is 11.5 Å². The number of ether oxygens (including phenoxy) is 1. The number of carbonyl (C=O) groups excluding carboxylic acids is 1. The normalized spacial score (nSPS) is 20.9. The maximum absolute atomic E-state index is 14.1. The standard InChI is InChI=1S/C15H19FN6O2/c1-9-7-21(8-10(2)24-9)15(23)17-12-4-5-13(16)14(6-12)22-11(3)18-19-20-22/h4-6,9-10H,7-8H2,1-3H3,(H,17,23)/t9-,10-/m0/s1. The van der Waals surface area contributed by atoms with Gasteiger partial charge in [0.15, 0.2) is 5.82 Å². The molecule has 0 saturated carbocycles. The highest BCUT2D eigenvalue weighted by molar-refractivity contribution is 5.89. The molecule has 0 unspecified atom stereocenters. The van der Waals surface area contributed by atoms with Crippen LogP contribution in [0.4, 0.5) is 14.9 Å². The Hall–Kier alpha value is -2.55. The molecule has 2 amide bonds. The summed E-state index contributed by atoms with van der Waals surface area (Å²) in [6.45, 7) is 6.53. The van der Waals surface area contributed by atoms with Crippen LogP contribution in [0.2, 0.25) is 0 Å². The van der Waals surface area contributed by atoms with E-state index in [-0.39, 0.29) is 23.9 Å². The first kappa shape index (κ1) is 16.3. The maximum atomic E-state index is 14.1. The summed E-state index contributed by atoms with van der Waals surface area (Å²) in [5.74, 6) is -0.0229. The van der Waals surface area contributed by atoms with Crippen molar-refractivity contribution in [1.29, 1.82) is 0 Å². The van der Waals surface area contributed by atoms with Gasteiger partial charge in [-0.05, 0) is 49.4 Å². The number of urea groups is 1. The first-order valence-corrected chi connectivity index (χ1v) is 7.70. The van der Waals surface area contributed by atoms with E-state index in [1.807, 2.05) is 13.8 Å². The van der Waals surface area contributed by atoms with Gasteiger partial charge in [0.05, 0.1) is 12.2 Å². The summed E-state index contributed by atoms with van der Waals surface area (Å²) in [4.78, 5) is 14.1. The molecular formula is C15H19FN6O2. The lowest BCUT2D eigenvalue weighted by Gasteiger charge is -2.35. The summed E-state index contributed by atoms with van der Waals surface area (Å²) >= 11 is 0. The number of anilines is 1. The highest BCUT2D eigenvalue weighted by Crippen LogP contribution is 2.20. The fraction of sp³-hybridized carbons (Fsp3) is 0.467. The average molecular weight is 334 g/mol. The molecule has 1 aromatic carbocycles. The van der Waals surface area contributed by atoms with Gasteiger partial charge in [-0.2, -0.15) is 4.68 Å². The molecule has 0 radical (unpaired) electrons. The van der Waals surface area contributed by atoms with Crippen LogP contribution in [0.25, 0.3) is 5.69 Å². The van der Waals surface area contributed by atoms with Gasteiger partial charge in [0.25, 0.3) is 0 Å². The van der Waals surface area contributed by atoms with Crippen LogP contribution in [0.1, 0.15) is 19.7 Å². The molecule has 2 aromatic rings. The molecule has 9 heteroatoms. The number of morpholine rings is 1. The minimum atomic E-state index is -0.475. The van der Waals surface area contributed by atoms with Gasteiger partial charge in [-0.3, -0.25) is 0 Å². The smallest absolute Gasteiger partial charge is 0.322 e. The largest absolute Gasteiger partial charge is 0.372 e. The molecule has 1 aromatic heterocycles. The van der Waals surface area contributed by atoms with E-state index in [0.717, 1.165) is 0 Å². The zero-order chi connectivity index (χ0) is 17.3. The molecule has 0 bridgehead atoms. The molecule has 1 aliphatic rings. The van der Waals surface area contributed by atoms with Crippen LogP contribution >= 0.6 is 0 Å². The zero-order valence-electron chi connectivity index (χ0n) is 13.7. The number of nitrogens with zero attached hydrogens (tertiary/aromatic N) is 5. The van der Waals surface area contributed by atoms with Crippen molar-refractivity contribution in [3.8, 4) is 5.69 Å². The van der Waals surface area contributed by atoms with Crippen molar-refractivity contribution >= 4 is 11.7 Å². The van der Waals surface area contributed by atoms with Crippen LogP contribution in [-0.4, -0.2) is 56.4 Å². The van der Waals surface area contributed by atoms with Crippen molar-refractivity contribution in [1.82, 2.24) is 25.1 Å². The molecule has 8 nitrogen and oxygen atoms in total. The van der Waals surface area contributed by atoms with Crippen molar-refractivity contribution in [2.45, 2.75) is 33.0 Å². The first-order chi connectivity index (χ1) is 11.4. The lowest BCUT2D eigenvalue weighted by atomic mass is 10.2. The molecule has 0 aliphatic carbocycles. The molecular weight excluding hydrogens is 315 g/mol. The number of benzene rings is 1. The number of aromatic nitrogens is 4.